The maximum Gasteiger partial charge on any atom is 0.338 e. The molecule has 2 saturated heterocycles. The Balaban J connectivity index is 1.66. The highest BCUT2D eigenvalue weighted by Crippen LogP contribution is 2.25. The molecular formula is C14H18ClN3O3. The summed E-state index contributed by atoms with van der Waals surface area (Å²) in [5, 5.41) is 0.308. The lowest BCUT2D eigenvalue weighted by Gasteiger charge is -2.47. The SMILES string of the molecule is COC(=O)c1cc(Cl)nc(N2CC(N3CCOCC3)C2)c1. The summed E-state index contributed by atoms with van der Waals surface area (Å²) in [6.45, 7) is 5.36. The first-order valence-corrected chi connectivity index (χ1v) is 7.38. The molecule has 0 saturated carbocycles. The second-order valence-electron chi connectivity index (χ2n) is 5.24. The molecular weight excluding hydrogens is 294 g/mol. The van der Waals surface area contributed by atoms with E-state index in [1.165, 1.54) is 13.2 Å². The van der Waals surface area contributed by atoms with Gasteiger partial charge in [0.1, 0.15) is 11.0 Å². The van der Waals surface area contributed by atoms with Gasteiger partial charge in [-0.1, -0.05) is 11.6 Å². The number of halogens is 1. The van der Waals surface area contributed by atoms with Crippen molar-refractivity contribution in [3.8, 4) is 0 Å². The van der Waals surface area contributed by atoms with E-state index < -0.39 is 5.97 Å². The van der Waals surface area contributed by atoms with E-state index in [1.807, 2.05) is 0 Å². The molecule has 0 radical (unpaired) electrons. The van der Waals surface area contributed by atoms with Crippen LogP contribution in [0.2, 0.25) is 5.15 Å². The summed E-state index contributed by atoms with van der Waals surface area (Å²) >= 11 is 5.99. The smallest absolute Gasteiger partial charge is 0.338 e. The van der Waals surface area contributed by atoms with Crippen molar-refractivity contribution in [3.63, 3.8) is 0 Å². The van der Waals surface area contributed by atoms with Crippen LogP contribution in [0.3, 0.4) is 0 Å². The quantitative estimate of drug-likeness (QED) is 0.614. The summed E-state index contributed by atoms with van der Waals surface area (Å²) in [6.07, 6.45) is 0. The summed E-state index contributed by atoms with van der Waals surface area (Å²) in [7, 11) is 1.36. The molecule has 2 aliphatic rings. The van der Waals surface area contributed by atoms with Gasteiger partial charge in [-0.3, -0.25) is 4.90 Å². The van der Waals surface area contributed by atoms with Crippen molar-refractivity contribution in [2.75, 3.05) is 51.4 Å². The molecule has 1 aromatic heterocycles. The maximum absolute atomic E-state index is 11.6. The molecule has 3 heterocycles. The minimum Gasteiger partial charge on any atom is -0.465 e. The fourth-order valence-electron chi connectivity index (χ4n) is 2.70. The van der Waals surface area contributed by atoms with Gasteiger partial charge in [0, 0.05) is 32.2 Å². The van der Waals surface area contributed by atoms with Crippen LogP contribution in [0.25, 0.3) is 0 Å². The number of hydrogen-bond donors (Lipinski definition) is 0. The number of esters is 1. The summed E-state index contributed by atoms with van der Waals surface area (Å²) in [6, 6.07) is 3.78. The molecule has 21 heavy (non-hydrogen) atoms. The van der Waals surface area contributed by atoms with Gasteiger partial charge in [-0.15, -0.1) is 0 Å². The summed E-state index contributed by atoms with van der Waals surface area (Å²) in [5.74, 6) is 0.332. The number of morpholine rings is 1. The van der Waals surface area contributed by atoms with Crippen molar-refractivity contribution in [2.45, 2.75) is 6.04 Å². The Morgan fingerprint density at radius 1 is 1.38 bits per heavy atom. The number of nitrogens with zero attached hydrogens (tertiary/aromatic N) is 3. The molecule has 0 spiro atoms. The van der Waals surface area contributed by atoms with Gasteiger partial charge in [0.2, 0.25) is 0 Å². The zero-order chi connectivity index (χ0) is 14.8. The molecule has 0 amide bonds. The van der Waals surface area contributed by atoms with Crippen LogP contribution in [0.4, 0.5) is 5.82 Å². The fraction of sp³-hybridized carbons (Fsp3) is 0.571. The predicted octanol–water partition coefficient (Wildman–Crippen LogP) is 1.04. The highest BCUT2D eigenvalue weighted by atomic mass is 35.5. The van der Waals surface area contributed by atoms with Crippen LogP contribution in [0, 0.1) is 0 Å². The predicted molar refractivity (Wildman–Crippen MR) is 79.0 cm³/mol. The van der Waals surface area contributed by atoms with Crippen LogP contribution in [-0.2, 0) is 9.47 Å². The third-order valence-electron chi connectivity index (χ3n) is 3.95. The molecule has 2 aliphatic heterocycles. The summed E-state index contributed by atoms with van der Waals surface area (Å²) < 4.78 is 10.1. The number of rotatable bonds is 3. The van der Waals surface area contributed by atoms with E-state index in [0.29, 0.717) is 16.8 Å². The highest BCUT2D eigenvalue weighted by molar-refractivity contribution is 6.29. The number of anilines is 1. The largest absolute Gasteiger partial charge is 0.465 e. The van der Waals surface area contributed by atoms with Gasteiger partial charge in [-0.25, -0.2) is 9.78 Å². The van der Waals surface area contributed by atoms with Crippen LogP contribution in [0.5, 0.6) is 0 Å². The molecule has 3 rings (SSSR count). The lowest BCUT2D eigenvalue weighted by atomic mass is 10.1. The van der Waals surface area contributed by atoms with E-state index in [9.17, 15) is 4.79 Å². The third kappa shape index (κ3) is 3.12. The van der Waals surface area contributed by atoms with Gasteiger partial charge in [0.25, 0.3) is 0 Å². The lowest BCUT2D eigenvalue weighted by Crippen LogP contribution is -2.61. The van der Waals surface area contributed by atoms with E-state index in [-0.39, 0.29) is 0 Å². The number of methoxy groups -OCH3 is 1. The minimum absolute atomic E-state index is 0.308. The number of carbonyl (C=O) groups is 1. The number of ether oxygens (including phenoxy) is 2. The van der Waals surface area contributed by atoms with Gasteiger partial charge in [0.15, 0.2) is 0 Å². The molecule has 114 valence electrons. The van der Waals surface area contributed by atoms with E-state index in [4.69, 9.17) is 21.1 Å². The Morgan fingerprint density at radius 2 is 2.10 bits per heavy atom. The van der Waals surface area contributed by atoms with Crippen molar-refractivity contribution in [3.05, 3.63) is 22.8 Å². The zero-order valence-electron chi connectivity index (χ0n) is 11.9. The standard InChI is InChI=1S/C14H18ClN3O3/c1-20-14(19)10-6-12(15)16-13(7-10)18-8-11(9-18)17-2-4-21-5-3-17/h6-7,11H,2-5,8-9H2,1H3. The van der Waals surface area contributed by atoms with Gasteiger partial charge < -0.3 is 14.4 Å². The molecule has 0 atom stereocenters. The monoisotopic (exact) mass is 311 g/mol. The summed E-state index contributed by atoms with van der Waals surface area (Å²) in [5.41, 5.74) is 0.433. The summed E-state index contributed by atoms with van der Waals surface area (Å²) in [4.78, 5) is 20.5. The fourth-order valence-corrected chi connectivity index (χ4v) is 2.90. The third-order valence-corrected chi connectivity index (χ3v) is 4.14. The molecule has 7 heteroatoms. The molecule has 1 aromatic rings. The number of aromatic nitrogens is 1. The first-order valence-electron chi connectivity index (χ1n) is 7.00. The molecule has 0 N–H and O–H groups in total. The van der Waals surface area contributed by atoms with E-state index >= 15 is 0 Å². The normalized spacial score (nSPS) is 20.2. The van der Waals surface area contributed by atoms with Crippen molar-refractivity contribution in [1.29, 1.82) is 0 Å². The maximum atomic E-state index is 11.6. The van der Waals surface area contributed by atoms with Crippen molar-refractivity contribution in [2.24, 2.45) is 0 Å². The number of hydrogen-bond acceptors (Lipinski definition) is 6. The molecule has 6 nitrogen and oxygen atoms in total. The van der Waals surface area contributed by atoms with Gasteiger partial charge >= 0.3 is 5.97 Å². The molecule has 0 unspecified atom stereocenters. The number of pyridine rings is 1. The first-order chi connectivity index (χ1) is 10.2. The molecule has 0 aliphatic carbocycles. The molecule has 2 fully saturated rings. The molecule has 0 aromatic carbocycles. The van der Waals surface area contributed by atoms with Gasteiger partial charge in [-0.05, 0) is 12.1 Å². The average molecular weight is 312 g/mol. The first kappa shape index (κ1) is 14.6. The Hall–Kier alpha value is -1.37. The van der Waals surface area contributed by atoms with Crippen LogP contribution in [0.15, 0.2) is 12.1 Å². The second-order valence-corrected chi connectivity index (χ2v) is 5.62. The molecule has 0 bridgehead atoms. The average Bonchev–Trinajstić information content (AvgIpc) is 2.45. The van der Waals surface area contributed by atoms with E-state index in [1.54, 1.807) is 6.07 Å². The lowest BCUT2D eigenvalue weighted by molar-refractivity contribution is 0.0104. The van der Waals surface area contributed by atoms with E-state index in [2.05, 4.69) is 14.8 Å². The van der Waals surface area contributed by atoms with E-state index in [0.717, 1.165) is 45.2 Å². The van der Waals surface area contributed by atoms with Gasteiger partial charge in [0.05, 0.1) is 25.9 Å². The Morgan fingerprint density at radius 3 is 2.76 bits per heavy atom. The van der Waals surface area contributed by atoms with Crippen LogP contribution in [0.1, 0.15) is 10.4 Å². The van der Waals surface area contributed by atoms with Crippen LogP contribution < -0.4 is 4.90 Å². The van der Waals surface area contributed by atoms with Gasteiger partial charge in [-0.2, -0.15) is 0 Å². The van der Waals surface area contributed by atoms with Crippen LogP contribution in [-0.4, -0.2) is 68.4 Å². The minimum atomic E-state index is -0.397. The topological polar surface area (TPSA) is 54.9 Å². The van der Waals surface area contributed by atoms with Crippen molar-refractivity contribution in [1.82, 2.24) is 9.88 Å². The van der Waals surface area contributed by atoms with Crippen molar-refractivity contribution < 1.29 is 14.3 Å². The Kier molecular flexibility index (Phi) is 4.28. The van der Waals surface area contributed by atoms with Crippen molar-refractivity contribution >= 4 is 23.4 Å². The Bertz CT molecular complexity index is 528. The number of carbonyl (C=O) groups excluding carboxylic acids is 1. The zero-order valence-corrected chi connectivity index (χ0v) is 12.7. The highest BCUT2D eigenvalue weighted by Gasteiger charge is 2.33. The van der Waals surface area contributed by atoms with Crippen LogP contribution >= 0.6 is 11.6 Å². The second kappa shape index (κ2) is 6.17. The Labute approximate surface area is 128 Å².